The summed E-state index contributed by atoms with van der Waals surface area (Å²) in [6.07, 6.45) is -1.86. The minimum Gasteiger partial charge on any atom is -0.481 e. The molecule has 4 rings (SSSR count). The molecule has 1 aromatic rings. The van der Waals surface area contributed by atoms with Gasteiger partial charge in [-0.3, -0.25) is 4.79 Å². The summed E-state index contributed by atoms with van der Waals surface area (Å²) in [6.45, 7) is 2.44. The number of carbonyl (C=O) groups excluding carboxylic acids is 1. The predicted molar refractivity (Wildman–Crippen MR) is 89.1 cm³/mol. The lowest BCUT2D eigenvalue weighted by atomic mass is 9.69. The minimum atomic E-state index is -4.40. The van der Waals surface area contributed by atoms with Crippen LogP contribution in [0.5, 0.6) is 5.75 Å². The van der Waals surface area contributed by atoms with Gasteiger partial charge in [-0.25, -0.2) is 0 Å². The van der Waals surface area contributed by atoms with Gasteiger partial charge in [0.05, 0.1) is 17.6 Å². The van der Waals surface area contributed by atoms with E-state index in [9.17, 15) is 18.0 Å². The van der Waals surface area contributed by atoms with E-state index in [1.54, 1.807) is 17.0 Å². The summed E-state index contributed by atoms with van der Waals surface area (Å²) in [5, 5.41) is 0. The van der Waals surface area contributed by atoms with E-state index >= 15 is 0 Å². The molecular formula is C19H22F3NO3. The van der Waals surface area contributed by atoms with Crippen molar-refractivity contribution in [3.63, 3.8) is 0 Å². The Morgan fingerprint density at radius 3 is 2.27 bits per heavy atom. The van der Waals surface area contributed by atoms with Crippen molar-refractivity contribution in [3.8, 4) is 5.75 Å². The van der Waals surface area contributed by atoms with Gasteiger partial charge < -0.3 is 14.4 Å². The molecule has 4 nitrogen and oxygen atoms in total. The standard InChI is InChI=1S/C19H22F3NO3/c1-13(19(20,21)22)26-15-4-2-14(3-5-15)23-11-10-17(16(23)24)6-8-18(9-7-17)12-25-18/h2-5,13H,6-12H2,1H3/t13-,17-,18-/m0/s1. The van der Waals surface area contributed by atoms with E-state index in [1.165, 1.54) is 12.1 Å². The Labute approximate surface area is 150 Å². The third-order valence-corrected chi connectivity index (χ3v) is 6.11. The smallest absolute Gasteiger partial charge is 0.425 e. The number of benzene rings is 1. The van der Waals surface area contributed by atoms with Crippen LogP contribution < -0.4 is 9.64 Å². The van der Waals surface area contributed by atoms with E-state index < -0.39 is 12.3 Å². The Morgan fingerprint density at radius 1 is 1.12 bits per heavy atom. The lowest BCUT2D eigenvalue weighted by Crippen LogP contribution is -2.39. The van der Waals surface area contributed by atoms with Gasteiger partial charge in [-0.05, 0) is 63.3 Å². The Morgan fingerprint density at radius 2 is 1.73 bits per heavy atom. The summed E-state index contributed by atoms with van der Waals surface area (Å²) >= 11 is 0. The molecule has 26 heavy (non-hydrogen) atoms. The monoisotopic (exact) mass is 369 g/mol. The van der Waals surface area contributed by atoms with Crippen molar-refractivity contribution in [2.75, 3.05) is 18.1 Å². The summed E-state index contributed by atoms with van der Waals surface area (Å²) < 4.78 is 48.2. The number of anilines is 1. The van der Waals surface area contributed by atoms with Crippen molar-refractivity contribution in [2.24, 2.45) is 5.41 Å². The Kier molecular flexibility index (Phi) is 3.99. The highest BCUT2D eigenvalue weighted by atomic mass is 19.4. The summed E-state index contributed by atoms with van der Waals surface area (Å²) in [5.74, 6) is 0.274. The van der Waals surface area contributed by atoms with Crippen molar-refractivity contribution in [3.05, 3.63) is 24.3 Å². The molecule has 2 spiro atoms. The SMILES string of the molecule is C[C@H](Oc1ccc(N2CC[C@]3(CC[C@@]4(CC3)CO4)C2=O)cc1)C(F)(F)F. The fourth-order valence-corrected chi connectivity index (χ4v) is 4.08. The van der Waals surface area contributed by atoms with E-state index in [4.69, 9.17) is 9.47 Å². The van der Waals surface area contributed by atoms with Gasteiger partial charge in [-0.2, -0.15) is 13.2 Å². The van der Waals surface area contributed by atoms with Gasteiger partial charge in [-0.15, -0.1) is 0 Å². The molecule has 2 saturated heterocycles. The molecule has 0 N–H and O–H groups in total. The fourth-order valence-electron chi connectivity index (χ4n) is 4.08. The highest BCUT2D eigenvalue weighted by Crippen LogP contribution is 2.53. The second-order valence-electron chi connectivity index (χ2n) is 7.75. The first-order valence-corrected chi connectivity index (χ1v) is 9.03. The van der Waals surface area contributed by atoms with Crippen LogP contribution in [0, 0.1) is 5.41 Å². The van der Waals surface area contributed by atoms with E-state index in [-0.39, 0.29) is 22.7 Å². The van der Waals surface area contributed by atoms with Crippen molar-refractivity contribution >= 4 is 11.6 Å². The van der Waals surface area contributed by atoms with Crippen molar-refractivity contribution in [1.82, 2.24) is 0 Å². The number of ether oxygens (including phenoxy) is 2. The van der Waals surface area contributed by atoms with Crippen LogP contribution in [0.2, 0.25) is 0 Å². The first-order chi connectivity index (χ1) is 12.2. The molecule has 0 bridgehead atoms. The van der Waals surface area contributed by atoms with Crippen LogP contribution in [0.25, 0.3) is 0 Å². The second-order valence-corrected chi connectivity index (χ2v) is 7.75. The number of hydrogen-bond acceptors (Lipinski definition) is 3. The van der Waals surface area contributed by atoms with E-state index in [1.807, 2.05) is 0 Å². The summed E-state index contributed by atoms with van der Waals surface area (Å²) in [5.41, 5.74) is 0.464. The number of epoxide rings is 1. The van der Waals surface area contributed by atoms with Gasteiger partial charge in [0.2, 0.25) is 5.91 Å². The van der Waals surface area contributed by atoms with Crippen LogP contribution in [-0.2, 0) is 9.53 Å². The molecule has 1 saturated carbocycles. The lowest BCUT2D eigenvalue weighted by molar-refractivity contribution is -0.189. The molecule has 0 unspecified atom stereocenters. The number of carbonyl (C=O) groups is 1. The zero-order valence-corrected chi connectivity index (χ0v) is 14.6. The summed E-state index contributed by atoms with van der Waals surface area (Å²) in [7, 11) is 0. The van der Waals surface area contributed by atoms with Crippen LogP contribution in [0.4, 0.5) is 18.9 Å². The molecule has 1 aromatic carbocycles. The Bertz CT molecular complexity index is 687. The van der Waals surface area contributed by atoms with E-state index in [0.717, 1.165) is 45.6 Å². The predicted octanol–water partition coefficient (Wildman–Crippen LogP) is 4.08. The molecule has 2 heterocycles. The van der Waals surface area contributed by atoms with Crippen LogP contribution in [0.1, 0.15) is 39.0 Å². The van der Waals surface area contributed by atoms with Gasteiger partial charge >= 0.3 is 6.18 Å². The quantitative estimate of drug-likeness (QED) is 0.754. The van der Waals surface area contributed by atoms with Gasteiger partial charge in [0.1, 0.15) is 5.75 Å². The molecule has 142 valence electrons. The summed E-state index contributed by atoms with van der Waals surface area (Å²) in [4.78, 5) is 14.8. The average molecular weight is 369 g/mol. The Hall–Kier alpha value is -1.76. The number of hydrogen-bond donors (Lipinski definition) is 0. The second kappa shape index (κ2) is 5.87. The lowest BCUT2D eigenvalue weighted by Gasteiger charge is -2.34. The van der Waals surface area contributed by atoms with Gasteiger partial charge in [0.25, 0.3) is 0 Å². The maximum atomic E-state index is 13.0. The zero-order chi connectivity index (χ0) is 18.6. The highest BCUT2D eigenvalue weighted by molar-refractivity contribution is 6.00. The largest absolute Gasteiger partial charge is 0.481 e. The molecule has 1 aliphatic carbocycles. The van der Waals surface area contributed by atoms with Gasteiger partial charge in [-0.1, -0.05) is 0 Å². The number of halogens is 3. The molecule has 7 heteroatoms. The fraction of sp³-hybridized carbons (Fsp3) is 0.632. The molecule has 1 amide bonds. The molecule has 1 atom stereocenters. The molecule has 3 fully saturated rings. The van der Waals surface area contributed by atoms with Crippen LogP contribution in [0.3, 0.4) is 0 Å². The molecule has 0 radical (unpaired) electrons. The first kappa shape index (κ1) is 17.6. The third kappa shape index (κ3) is 3.06. The number of amides is 1. The molecule has 0 aromatic heterocycles. The zero-order valence-electron chi connectivity index (χ0n) is 14.6. The van der Waals surface area contributed by atoms with Crippen molar-refractivity contribution in [2.45, 2.75) is 56.9 Å². The highest BCUT2D eigenvalue weighted by Gasteiger charge is 2.56. The van der Waals surface area contributed by atoms with Crippen LogP contribution in [0.15, 0.2) is 24.3 Å². The first-order valence-electron chi connectivity index (χ1n) is 9.03. The van der Waals surface area contributed by atoms with E-state index in [0.29, 0.717) is 12.2 Å². The molecule has 2 aliphatic heterocycles. The van der Waals surface area contributed by atoms with Crippen LogP contribution in [-0.4, -0.2) is 36.9 Å². The third-order valence-electron chi connectivity index (χ3n) is 6.11. The number of rotatable bonds is 3. The number of alkyl halides is 3. The van der Waals surface area contributed by atoms with Gasteiger partial charge in [0, 0.05) is 12.2 Å². The molecular weight excluding hydrogens is 347 g/mol. The Balaban J connectivity index is 1.43. The normalized spacial score (nSPS) is 32.3. The van der Waals surface area contributed by atoms with Crippen LogP contribution >= 0.6 is 0 Å². The summed E-state index contributed by atoms with van der Waals surface area (Å²) in [6, 6.07) is 6.29. The van der Waals surface area contributed by atoms with Crippen molar-refractivity contribution in [1.29, 1.82) is 0 Å². The van der Waals surface area contributed by atoms with Crippen molar-refractivity contribution < 1.29 is 27.4 Å². The molecule has 3 aliphatic rings. The van der Waals surface area contributed by atoms with Gasteiger partial charge in [0.15, 0.2) is 6.10 Å². The maximum absolute atomic E-state index is 13.0. The number of nitrogens with zero attached hydrogens (tertiary/aromatic N) is 1. The minimum absolute atomic E-state index is 0.0487. The van der Waals surface area contributed by atoms with E-state index in [2.05, 4.69) is 0 Å². The average Bonchev–Trinajstić information content (AvgIpc) is 3.29. The maximum Gasteiger partial charge on any atom is 0.425 e. The topological polar surface area (TPSA) is 42.1 Å².